The van der Waals surface area contributed by atoms with E-state index in [0.29, 0.717) is 0 Å². The van der Waals surface area contributed by atoms with Crippen LogP contribution in [0, 0.1) is 38.2 Å². The van der Waals surface area contributed by atoms with Gasteiger partial charge in [-0.15, -0.1) is 0 Å². The number of halogens is 4. The van der Waals surface area contributed by atoms with Gasteiger partial charge >= 0.3 is 0 Å². The van der Waals surface area contributed by atoms with Gasteiger partial charge in [-0.25, -0.2) is 0 Å². The first-order chi connectivity index (χ1) is 0. The van der Waals surface area contributed by atoms with Crippen LogP contribution in [0.1, 0.15) is 0 Å². The van der Waals surface area contributed by atoms with E-state index in [1.165, 1.54) is 0 Å². The summed E-state index contributed by atoms with van der Waals surface area (Å²) >= 11 is 0. The SMILES string of the molecule is [Br-].[Br-].[Br-].[Br-].[Dy]. The molecule has 0 fully saturated rings. The zero-order chi connectivity index (χ0) is 0. The van der Waals surface area contributed by atoms with Crippen molar-refractivity contribution < 1.29 is 106 Å². The molecule has 0 aliphatic rings. The molecule has 0 amide bonds. The van der Waals surface area contributed by atoms with Crippen molar-refractivity contribution in [2.75, 3.05) is 0 Å². The van der Waals surface area contributed by atoms with Crippen LogP contribution in [0.5, 0.6) is 0 Å². The molecule has 0 bridgehead atoms. The number of hydrogen-bond donors (Lipinski definition) is 0. The molecule has 0 heterocycles. The van der Waals surface area contributed by atoms with E-state index in [1.54, 1.807) is 0 Å². The normalized spacial score (nSPS) is 0. The predicted octanol–water partition coefficient (Wildman–Crippen LogP) is -12.0. The van der Waals surface area contributed by atoms with Crippen molar-refractivity contribution in [3.8, 4) is 0 Å². The Hall–Kier alpha value is 3.19. The predicted molar refractivity (Wildman–Crippen MR) is 0 cm³/mol. The average Bonchev–Trinajstić information content (AvgIpc) is 0. The summed E-state index contributed by atoms with van der Waals surface area (Å²) in [7, 11) is 0. The largest absolute Gasteiger partial charge is 1.00 e. The Morgan fingerprint density at radius 2 is 0.400 bits per heavy atom. The fourth-order valence-corrected chi connectivity index (χ4v) is 0. The molecule has 0 saturated heterocycles. The molecule has 0 radical (unpaired) electrons. The smallest absolute Gasteiger partial charge is 0 e. The van der Waals surface area contributed by atoms with E-state index in [2.05, 4.69) is 0 Å². The van der Waals surface area contributed by atoms with Crippen LogP contribution < -0.4 is 67.9 Å². The summed E-state index contributed by atoms with van der Waals surface area (Å²) in [6.45, 7) is 0. The molecular weight excluding hydrogens is 482 g/mol. The molecule has 5 heteroatoms. The second kappa shape index (κ2) is 27.1. The molecule has 5 heavy (non-hydrogen) atoms. The van der Waals surface area contributed by atoms with Crippen LogP contribution in [0.15, 0.2) is 0 Å². The second-order valence-corrected chi connectivity index (χ2v) is 0. The van der Waals surface area contributed by atoms with Gasteiger partial charge in [0.25, 0.3) is 0 Å². The van der Waals surface area contributed by atoms with Gasteiger partial charge in [-0.2, -0.15) is 0 Å². The van der Waals surface area contributed by atoms with Gasteiger partial charge in [-0.05, 0) is 0 Å². The van der Waals surface area contributed by atoms with Crippen molar-refractivity contribution in [3.63, 3.8) is 0 Å². The monoisotopic (exact) mass is 480 g/mol. The van der Waals surface area contributed by atoms with E-state index in [9.17, 15) is 0 Å². The van der Waals surface area contributed by atoms with Gasteiger partial charge in [0, 0.05) is 38.2 Å². The van der Waals surface area contributed by atoms with Gasteiger partial charge in [0.1, 0.15) is 0 Å². The standard InChI is InChI=1S/4BrH.Dy/h4*1H;/p-4. The van der Waals surface area contributed by atoms with Gasteiger partial charge in [0.2, 0.25) is 0 Å². The van der Waals surface area contributed by atoms with Crippen LogP contribution in [0.3, 0.4) is 0 Å². The van der Waals surface area contributed by atoms with E-state index in [-0.39, 0.29) is 106 Å². The Morgan fingerprint density at radius 1 is 0.400 bits per heavy atom. The first-order valence-electron chi connectivity index (χ1n) is 0. The fourth-order valence-electron chi connectivity index (χ4n) is 0. The van der Waals surface area contributed by atoms with E-state index in [1.807, 2.05) is 0 Å². The van der Waals surface area contributed by atoms with Crippen molar-refractivity contribution >= 4 is 0 Å². The van der Waals surface area contributed by atoms with Gasteiger partial charge in [0.15, 0.2) is 0 Å². The van der Waals surface area contributed by atoms with E-state index < -0.39 is 0 Å². The van der Waals surface area contributed by atoms with Crippen molar-refractivity contribution in [2.45, 2.75) is 0 Å². The van der Waals surface area contributed by atoms with Crippen molar-refractivity contribution in [1.82, 2.24) is 0 Å². The first-order valence-corrected chi connectivity index (χ1v) is 0. The maximum absolute atomic E-state index is 0. The summed E-state index contributed by atoms with van der Waals surface area (Å²) in [5.74, 6) is 0. The number of rotatable bonds is 0. The first kappa shape index (κ1) is 41.6. The molecule has 0 unspecified atom stereocenters. The minimum atomic E-state index is 0. The molecule has 0 spiro atoms. The van der Waals surface area contributed by atoms with Gasteiger partial charge in [0.05, 0.1) is 0 Å². The molecule has 0 nitrogen and oxygen atoms in total. The topological polar surface area (TPSA) is 0 Å². The van der Waals surface area contributed by atoms with Crippen LogP contribution in [0.2, 0.25) is 0 Å². The van der Waals surface area contributed by atoms with Crippen LogP contribution in [-0.2, 0) is 0 Å². The van der Waals surface area contributed by atoms with Crippen LogP contribution in [0.25, 0.3) is 0 Å². The molecule has 0 aliphatic heterocycles. The van der Waals surface area contributed by atoms with Gasteiger partial charge in [-0.3, -0.25) is 0 Å². The molecule has 0 aromatic heterocycles. The van der Waals surface area contributed by atoms with E-state index in [0.717, 1.165) is 0 Å². The minimum Gasteiger partial charge on any atom is -1.00 e. The fraction of sp³-hybridized carbons (Fsp3) is 0. The summed E-state index contributed by atoms with van der Waals surface area (Å²) in [5, 5.41) is 0. The van der Waals surface area contributed by atoms with Crippen molar-refractivity contribution in [3.05, 3.63) is 0 Å². The Kier molecular flexibility index (Phi) is 225. The third kappa shape index (κ3) is 19.0. The molecule has 0 aromatic rings. The van der Waals surface area contributed by atoms with Crippen LogP contribution >= 0.6 is 0 Å². The summed E-state index contributed by atoms with van der Waals surface area (Å²) in [6, 6.07) is 0. The van der Waals surface area contributed by atoms with E-state index in [4.69, 9.17) is 0 Å². The molecular formula is Br4Dy-4. The Morgan fingerprint density at radius 3 is 0.400 bits per heavy atom. The minimum absolute atomic E-state index is 0. The maximum atomic E-state index is 0. The summed E-state index contributed by atoms with van der Waals surface area (Å²) in [4.78, 5) is 0. The summed E-state index contributed by atoms with van der Waals surface area (Å²) in [5.41, 5.74) is 0. The zero-order valence-corrected chi connectivity index (χ0v) is 10.2. The van der Waals surface area contributed by atoms with Gasteiger partial charge < -0.3 is 67.9 Å². The van der Waals surface area contributed by atoms with Crippen LogP contribution in [0.4, 0.5) is 0 Å². The molecule has 0 N–H and O–H groups in total. The quantitative estimate of drug-likeness (QED) is 0.322. The Bertz CT molecular complexity index is 3.61. The molecule has 0 aliphatic carbocycles. The maximum Gasteiger partial charge on any atom is 0 e. The Balaban J connectivity index is 0. The molecule has 0 rings (SSSR count). The van der Waals surface area contributed by atoms with E-state index >= 15 is 0 Å². The average molecular weight is 482 g/mol. The zero-order valence-electron chi connectivity index (χ0n) is 1.83. The summed E-state index contributed by atoms with van der Waals surface area (Å²) in [6.07, 6.45) is 0. The van der Waals surface area contributed by atoms with Crippen molar-refractivity contribution in [1.29, 1.82) is 0 Å². The third-order valence-electron chi connectivity index (χ3n) is 0. The molecule has 0 atom stereocenters. The summed E-state index contributed by atoms with van der Waals surface area (Å²) < 4.78 is 0. The van der Waals surface area contributed by atoms with Crippen LogP contribution in [-0.4, -0.2) is 0 Å². The molecule has 0 saturated carbocycles. The third-order valence-corrected chi connectivity index (χ3v) is 0. The molecule has 0 aromatic carbocycles. The Labute approximate surface area is 104 Å². The number of hydrogen-bond acceptors (Lipinski definition) is 0. The molecule has 42 valence electrons. The second-order valence-electron chi connectivity index (χ2n) is 0. The van der Waals surface area contributed by atoms with Gasteiger partial charge in [-0.1, -0.05) is 0 Å². The van der Waals surface area contributed by atoms with Crippen molar-refractivity contribution in [2.24, 2.45) is 0 Å².